The van der Waals surface area contributed by atoms with Gasteiger partial charge in [0.15, 0.2) is 5.78 Å². The Morgan fingerprint density at radius 2 is 1.41 bits per heavy atom. The Hall–Kier alpha value is -2.94. The first-order chi connectivity index (χ1) is 10.6. The van der Waals surface area contributed by atoms with E-state index in [0.29, 0.717) is 16.9 Å². The van der Waals surface area contributed by atoms with Gasteiger partial charge in [0.1, 0.15) is 5.75 Å². The molecular weight excluding hydrogens is 276 g/mol. The molecule has 0 aliphatic carbocycles. The zero-order chi connectivity index (χ0) is 15.5. The van der Waals surface area contributed by atoms with E-state index >= 15 is 0 Å². The lowest BCUT2D eigenvalue weighted by Gasteiger charge is -2.08. The van der Waals surface area contributed by atoms with Crippen molar-refractivity contribution in [2.75, 3.05) is 0 Å². The van der Waals surface area contributed by atoms with Gasteiger partial charge in [0.2, 0.25) is 0 Å². The summed E-state index contributed by atoms with van der Waals surface area (Å²) in [5.74, 6) is 0.0548. The van der Waals surface area contributed by atoms with Crippen molar-refractivity contribution >= 4 is 22.5 Å². The van der Waals surface area contributed by atoms with Crippen LogP contribution in [0.3, 0.4) is 0 Å². The van der Waals surface area contributed by atoms with Crippen molar-refractivity contribution in [3.8, 4) is 5.75 Å². The number of fused-ring (bicyclic) bond motifs is 1. The fraction of sp³-hybridized carbons (Fsp3) is 0.0526. The third-order valence-corrected chi connectivity index (χ3v) is 3.48. The molecule has 0 atom stereocenters. The first-order valence-electron chi connectivity index (χ1n) is 6.96. The summed E-state index contributed by atoms with van der Waals surface area (Å²) in [4.78, 5) is 23.5. The molecule has 0 heterocycles. The van der Waals surface area contributed by atoms with E-state index < -0.39 is 5.97 Å². The molecule has 3 aromatic rings. The Balaban J connectivity index is 1.88. The zero-order valence-corrected chi connectivity index (χ0v) is 12.1. The first-order valence-corrected chi connectivity index (χ1v) is 6.96. The Bertz CT molecular complexity index is 843. The van der Waals surface area contributed by atoms with Gasteiger partial charge in [-0.15, -0.1) is 0 Å². The van der Waals surface area contributed by atoms with Crippen molar-refractivity contribution in [2.24, 2.45) is 0 Å². The van der Waals surface area contributed by atoms with Crippen LogP contribution in [0.1, 0.15) is 27.6 Å². The Morgan fingerprint density at radius 3 is 2.14 bits per heavy atom. The minimum Gasteiger partial charge on any atom is -0.422 e. The predicted molar refractivity (Wildman–Crippen MR) is 85.4 cm³/mol. The van der Waals surface area contributed by atoms with Crippen LogP contribution in [0, 0.1) is 0 Å². The summed E-state index contributed by atoms with van der Waals surface area (Å²) in [5, 5.41) is 1.90. The lowest BCUT2D eigenvalue weighted by atomic mass is 10.1. The lowest BCUT2D eigenvalue weighted by molar-refractivity contribution is 0.0736. The lowest BCUT2D eigenvalue weighted by Crippen LogP contribution is -2.09. The molecule has 22 heavy (non-hydrogen) atoms. The number of ether oxygens (including phenoxy) is 1. The summed E-state index contributed by atoms with van der Waals surface area (Å²) < 4.78 is 5.49. The molecule has 0 aromatic heterocycles. The third-order valence-electron chi connectivity index (χ3n) is 3.48. The normalized spacial score (nSPS) is 10.4. The molecule has 0 unspecified atom stereocenters. The van der Waals surface area contributed by atoms with Crippen molar-refractivity contribution in [1.82, 2.24) is 0 Å². The molecule has 3 heteroatoms. The standard InChI is InChI=1S/C19H14O3/c1-13(20)14-9-11-16(12-10-14)19(21)22-18-8-4-6-15-5-2-3-7-17(15)18/h2-12H,1H3. The molecular formula is C19H14O3. The fourth-order valence-electron chi connectivity index (χ4n) is 2.28. The van der Waals surface area contributed by atoms with Gasteiger partial charge >= 0.3 is 5.97 Å². The van der Waals surface area contributed by atoms with E-state index in [4.69, 9.17) is 4.74 Å². The molecule has 0 fully saturated rings. The van der Waals surface area contributed by atoms with Crippen LogP contribution in [-0.2, 0) is 0 Å². The SMILES string of the molecule is CC(=O)c1ccc(C(=O)Oc2cccc3ccccc23)cc1. The van der Waals surface area contributed by atoms with Crippen LogP contribution in [-0.4, -0.2) is 11.8 Å². The van der Waals surface area contributed by atoms with Crippen LogP contribution in [0.2, 0.25) is 0 Å². The number of carbonyl (C=O) groups excluding carboxylic acids is 2. The number of ketones is 1. The largest absolute Gasteiger partial charge is 0.422 e. The number of esters is 1. The molecule has 3 rings (SSSR count). The Labute approximate surface area is 128 Å². The monoisotopic (exact) mass is 290 g/mol. The average molecular weight is 290 g/mol. The van der Waals surface area contributed by atoms with Gasteiger partial charge in [-0.25, -0.2) is 4.79 Å². The van der Waals surface area contributed by atoms with Gasteiger partial charge in [-0.2, -0.15) is 0 Å². The van der Waals surface area contributed by atoms with Crippen molar-refractivity contribution < 1.29 is 14.3 Å². The maximum atomic E-state index is 12.2. The smallest absolute Gasteiger partial charge is 0.343 e. The molecule has 0 spiro atoms. The highest BCUT2D eigenvalue weighted by atomic mass is 16.5. The number of rotatable bonds is 3. The number of carbonyl (C=O) groups is 2. The van der Waals surface area contributed by atoms with E-state index in [0.717, 1.165) is 10.8 Å². The second kappa shape index (κ2) is 5.82. The molecule has 3 nitrogen and oxygen atoms in total. The summed E-state index contributed by atoms with van der Waals surface area (Å²) in [7, 11) is 0. The first kappa shape index (κ1) is 14.0. The van der Waals surface area contributed by atoms with E-state index in [1.54, 1.807) is 30.3 Å². The van der Waals surface area contributed by atoms with Crippen molar-refractivity contribution in [3.63, 3.8) is 0 Å². The molecule has 3 aromatic carbocycles. The molecule has 0 radical (unpaired) electrons. The highest BCUT2D eigenvalue weighted by Crippen LogP contribution is 2.25. The van der Waals surface area contributed by atoms with Crippen LogP contribution in [0.4, 0.5) is 0 Å². The molecule has 0 aliphatic rings. The maximum absolute atomic E-state index is 12.2. The van der Waals surface area contributed by atoms with Gasteiger partial charge in [-0.3, -0.25) is 4.79 Å². The van der Waals surface area contributed by atoms with Gasteiger partial charge in [0.05, 0.1) is 5.56 Å². The van der Waals surface area contributed by atoms with Crippen molar-refractivity contribution in [1.29, 1.82) is 0 Å². The topological polar surface area (TPSA) is 43.4 Å². The number of Topliss-reactive ketones (excluding diaryl/α,β-unsaturated/α-hetero) is 1. The molecule has 0 N–H and O–H groups in total. The van der Waals surface area contributed by atoms with Gasteiger partial charge in [0, 0.05) is 10.9 Å². The number of hydrogen-bond acceptors (Lipinski definition) is 3. The van der Waals surface area contributed by atoms with Crippen LogP contribution in [0.25, 0.3) is 10.8 Å². The van der Waals surface area contributed by atoms with Gasteiger partial charge in [0.25, 0.3) is 0 Å². The third kappa shape index (κ3) is 2.74. The van der Waals surface area contributed by atoms with Crippen LogP contribution in [0.5, 0.6) is 5.75 Å². The van der Waals surface area contributed by atoms with Gasteiger partial charge < -0.3 is 4.74 Å². The highest BCUT2D eigenvalue weighted by Gasteiger charge is 2.11. The van der Waals surface area contributed by atoms with Crippen LogP contribution in [0.15, 0.2) is 66.7 Å². The summed E-state index contributed by atoms with van der Waals surface area (Å²) in [6.07, 6.45) is 0. The molecule has 0 amide bonds. The van der Waals surface area contributed by atoms with Gasteiger partial charge in [-0.1, -0.05) is 48.5 Å². The van der Waals surface area contributed by atoms with Gasteiger partial charge in [-0.05, 0) is 30.5 Å². The van der Waals surface area contributed by atoms with E-state index in [-0.39, 0.29) is 5.78 Å². The van der Waals surface area contributed by atoms with E-state index in [2.05, 4.69) is 0 Å². The second-order valence-electron chi connectivity index (χ2n) is 5.00. The number of hydrogen-bond donors (Lipinski definition) is 0. The summed E-state index contributed by atoms with van der Waals surface area (Å²) in [6, 6.07) is 19.8. The Kier molecular flexibility index (Phi) is 3.71. The summed E-state index contributed by atoms with van der Waals surface area (Å²) >= 11 is 0. The van der Waals surface area contributed by atoms with Crippen molar-refractivity contribution in [3.05, 3.63) is 77.9 Å². The maximum Gasteiger partial charge on any atom is 0.343 e. The van der Waals surface area contributed by atoms with E-state index in [1.165, 1.54) is 6.92 Å². The molecule has 0 aliphatic heterocycles. The summed E-state index contributed by atoms with van der Waals surface area (Å²) in [5.41, 5.74) is 0.986. The molecule has 0 saturated carbocycles. The predicted octanol–water partition coefficient (Wildman–Crippen LogP) is 4.26. The van der Waals surface area contributed by atoms with Crippen LogP contribution < -0.4 is 4.74 Å². The average Bonchev–Trinajstić information content (AvgIpc) is 2.55. The summed E-state index contributed by atoms with van der Waals surface area (Å²) in [6.45, 7) is 1.49. The molecule has 108 valence electrons. The fourth-order valence-corrected chi connectivity index (χ4v) is 2.28. The molecule has 0 saturated heterocycles. The minimum atomic E-state index is -0.438. The van der Waals surface area contributed by atoms with Crippen molar-refractivity contribution in [2.45, 2.75) is 6.92 Å². The minimum absolute atomic E-state index is 0.0334. The van der Waals surface area contributed by atoms with E-state index in [1.807, 2.05) is 36.4 Å². The van der Waals surface area contributed by atoms with E-state index in [9.17, 15) is 9.59 Å². The zero-order valence-electron chi connectivity index (χ0n) is 12.1. The Morgan fingerprint density at radius 1 is 0.773 bits per heavy atom. The molecule has 0 bridgehead atoms. The van der Waals surface area contributed by atoms with Crippen LogP contribution >= 0.6 is 0 Å². The number of benzene rings is 3. The highest BCUT2D eigenvalue weighted by molar-refractivity contribution is 5.98. The second-order valence-corrected chi connectivity index (χ2v) is 5.00. The quantitative estimate of drug-likeness (QED) is 0.411.